The van der Waals surface area contributed by atoms with Crippen molar-refractivity contribution in [2.24, 2.45) is 5.73 Å². The van der Waals surface area contributed by atoms with E-state index < -0.39 is 17.9 Å². The minimum atomic E-state index is -4.76. The van der Waals surface area contributed by atoms with Gasteiger partial charge in [-0.1, -0.05) is 18.2 Å². The molecule has 2 N–H and O–H groups in total. The fourth-order valence-electron chi connectivity index (χ4n) is 1.45. The molecule has 4 nitrogen and oxygen atoms in total. The summed E-state index contributed by atoms with van der Waals surface area (Å²) in [5, 5.41) is 3.39. The van der Waals surface area contributed by atoms with Crippen LogP contribution in [0.3, 0.4) is 0 Å². The molecule has 0 fully saturated rings. The van der Waals surface area contributed by atoms with Crippen molar-refractivity contribution < 1.29 is 18.0 Å². The third kappa shape index (κ3) is 1.50. The zero-order chi connectivity index (χ0) is 11.9. The summed E-state index contributed by atoms with van der Waals surface area (Å²) in [7, 11) is 0. The van der Waals surface area contributed by atoms with Crippen molar-refractivity contribution in [2.75, 3.05) is 0 Å². The molecule has 84 valence electrons. The van der Waals surface area contributed by atoms with Crippen LogP contribution in [-0.4, -0.2) is 15.7 Å². The Bertz CT molecular complexity index is 559. The molecule has 0 radical (unpaired) electrons. The number of halogens is 3. The molecule has 1 heterocycles. The summed E-state index contributed by atoms with van der Waals surface area (Å²) in [5.41, 5.74) is 4.35. The summed E-state index contributed by atoms with van der Waals surface area (Å²) in [5.74, 6) is -1.16. The zero-order valence-corrected chi connectivity index (χ0v) is 7.82. The summed E-state index contributed by atoms with van der Waals surface area (Å²) in [6.45, 7) is 0. The van der Waals surface area contributed by atoms with Crippen LogP contribution >= 0.6 is 0 Å². The number of carbonyl (C=O) groups is 1. The van der Waals surface area contributed by atoms with E-state index in [-0.39, 0.29) is 15.6 Å². The number of hydrogen-bond donors (Lipinski definition) is 1. The lowest BCUT2D eigenvalue weighted by molar-refractivity contribution is -0.212. The summed E-state index contributed by atoms with van der Waals surface area (Å²) in [6.07, 6.45) is -4.76. The Morgan fingerprint density at radius 1 is 1.31 bits per heavy atom. The van der Waals surface area contributed by atoms with Crippen molar-refractivity contribution in [1.29, 1.82) is 0 Å². The molecule has 0 bridgehead atoms. The van der Waals surface area contributed by atoms with Crippen LogP contribution in [0.15, 0.2) is 24.3 Å². The van der Waals surface area contributed by atoms with Gasteiger partial charge in [-0.3, -0.25) is 4.79 Å². The van der Waals surface area contributed by atoms with Crippen molar-refractivity contribution in [3.63, 3.8) is 0 Å². The van der Waals surface area contributed by atoms with E-state index >= 15 is 0 Å². The number of benzene rings is 1. The molecule has 0 aliphatic rings. The maximum absolute atomic E-state index is 12.5. The van der Waals surface area contributed by atoms with Crippen molar-refractivity contribution in [3.8, 4) is 0 Å². The van der Waals surface area contributed by atoms with Gasteiger partial charge in [0.15, 0.2) is 0 Å². The minimum absolute atomic E-state index is 0.0774. The first kappa shape index (κ1) is 10.5. The number of hydrogen-bond acceptors (Lipinski definition) is 2. The highest BCUT2D eigenvalue weighted by molar-refractivity contribution is 6.04. The van der Waals surface area contributed by atoms with Gasteiger partial charge in [0.2, 0.25) is 0 Å². The molecule has 0 atom stereocenters. The molecule has 0 spiro atoms. The fraction of sp³-hybridized carbons (Fsp3) is 0.111. The van der Waals surface area contributed by atoms with Gasteiger partial charge in [-0.2, -0.15) is 9.78 Å². The monoisotopic (exact) mass is 229 g/mol. The van der Waals surface area contributed by atoms with E-state index in [1.54, 1.807) is 0 Å². The molecular formula is C9H6F3N3O. The Labute approximate surface area is 87.4 Å². The van der Waals surface area contributed by atoms with Gasteiger partial charge in [0.05, 0.1) is 5.52 Å². The lowest BCUT2D eigenvalue weighted by atomic mass is 10.2. The maximum Gasteiger partial charge on any atom is 0.505 e. The Morgan fingerprint density at radius 3 is 2.50 bits per heavy atom. The molecule has 0 aliphatic heterocycles. The van der Waals surface area contributed by atoms with Crippen molar-refractivity contribution >= 4 is 16.8 Å². The Morgan fingerprint density at radius 2 is 1.94 bits per heavy atom. The average molecular weight is 229 g/mol. The van der Waals surface area contributed by atoms with E-state index in [1.165, 1.54) is 24.3 Å². The SMILES string of the molecule is NC(=O)c1c2ccccc2nn1C(F)(F)F. The topological polar surface area (TPSA) is 60.9 Å². The lowest BCUT2D eigenvalue weighted by Crippen LogP contribution is -2.26. The van der Waals surface area contributed by atoms with Gasteiger partial charge in [-0.15, -0.1) is 13.2 Å². The minimum Gasteiger partial charge on any atom is -0.364 e. The number of carbonyl (C=O) groups excluding carboxylic acids is 1. The number of aromatic nitrogens is 2. The van der Waals surface area contributed by atoms with Gasteiger partial charge in [0, 0.05) is 5.39 Å². The molecule has 1 aromatic heterocycles. The standard InChI is InChI=1S/C9H6F3N3O/c10-9(11,12)15-7(8(13)16)5-3-1-2-4-6(5)14-15/h1-4H,(H2,13,16). The van der Waals surface area contributed by atoms with Crippen LogP contribution in [-0.2, 0) is 6.30 Å². The first-order valence-electron chi connectivity index (χ1n) is 4.26. The van der Waals surface area contributed by atoms with E-state index in [9.17, 15) is 18.0 Å². The number of alkyl halides is 3. The Balaban J connectivity index is 2.84. The number of primary amides is 1. The highest BCUT2D eigenvalue weighted by atomic mass is 19.4. The molecule has 7 heteroatoms. The Kier molecular flexibility index (Phi) is 2.11. The van der Waals surface area contributed by atoms with E-state index in [0.717, 1.165) is 0 Å². The second-order valence-electron chi connectivity index (χ2n) is 3.11. The third-order valence-electron chi connectivity index (χ3n) is 2.05. The largest absolute Gasteiger partial charge is 0.505 e. The average Bonchev–Trinajstić information content (AvgIpc) is 2.55. The molecular weight excluding hydrogens is 223 g/mol. The number of nitrogens with zero attached hydrogens (tertiary/aromatic N) is 2. The lowest BCUT2D eigenvalue weighted by Gasteiger charge is -2.07. The van der Waals surface area contributed by atoms with Gasteiger partial charge in [-0.05, 0) is 6.07 Å². The second-order valence-corrected chi connectivity index (χ2v) is 3.11. The highest BCUT2D eigenvalue weighted by Gasteiger charge is 2.36. The van der Waals surface area contributed by atoms with E-state index in [1.807, 2.05) is 0 Å². The normalized spacial score (nSPS) is 11.9. The molecule has 0 saturated carbocycles. The van der Waals surface area contributed by atoms with Crippen LogP contribution in [0.25, 0.3) is 10.9 Å². The van der Waals surface area contributed by atoms with Crippen molar-refractivity contribution in [3.05, 3.63) is 30.0 Å². The number of rotatable bonds is 1. The summed E-state index contributed by atoms with van der Waals surface area (Å²) in [6, 6.07) is 5.78. The van der Waals surface area contributed by atoms with E-state index in [4.69, 9.17) is 5.73 Å². The predicted molar refractivity (Wildman–Crippen MR) is 49.5 cm³/mol. The number of nitrogens with two attached hydrogens (primary N) is 1. The van der Waals surface area contributed by atoms with Gasteiger partial charge in [0.1, 0.15) is 5.69 Å². The number of fused-ring (bicyclic) bond motifs is 1. The summed E-state index contributed by atoms with van der Waals surface area (Å²) >= 11 is 0. The molecule has 0 saturated heterocycles. The van der Waals surface area contributed by atoms with Crippen LogP contribution in [0.4, 0.5) is 13.2 Å². The van der Waals surface area contributed by atoms with Crippen LogP contribution in [0.2, 0.25) is 0 Å². The van der Waals surface area contributed by atoms with Crippen LogP contribution in [0.1, 0.15) is 10.5 Å². The van der Waals surface area contributed by atoms with Gasteiger partial charge in [0.25, 0.3) is 5.91 Å². The fourth-order valence-corrected chi connectivity index (χ4v) is 1.45. The summed E-state index contributed by atoms with van der Waals surface area (Å²) in [4.78, 5) is 11.0. The van der Waals surface area contributed by atoms with E-state index in [0.29, 0.717) is 0 Å². The van der Waals surface area contributed by atoms with Gasteiger partial charge < -0.3 is 5.73 Å². The first-order valence-corrected chi connectivity index (χ1v) is 4.26. The van der Waals surface area contributed by atoms with Gasteiger partial charge >= 0.3 is 6.30 Å². The quantitative estimate of drug-likeness (QED) is 0.807. The molecule has 16 heavy (non-hydrogen) atoms. The first-order chi connectivity index (χ1) is 7.41. The number of amides is 1. The second kappa shape index (κ2) is 3.22. The molecule has 0 aliphatic carbocycles. The van der Waals surface area contributed by atoms with Crippen molar-refractivity contribution in [2.45, 2.75) is 6.30 Å². The van der Waals surface area contributed by atoms with Crippen LogP contribution in [0.5, 0.6) is 0 Å². The van der Waals surface area contributed by atoms with Crippen LogP contribution < -0.4 is 5.73 Å². The highest BCUT2D eigenvalue weighted by Crippen LogP contribution is 2.28. The zero-order valence-electron chi connectivity index (χ0n) is 7.82. The van der Waals surface area contributed by atoms with E-state index in [2.05, 4.69) is 5.10 Å². The predicted octanol–water partition coefficient (Wildman–Crippen LogP) is 1.61. The van der Waals surface area contributed by atoms with Gasteiger partial charge in [-0.25, -0.2) is 0 Å². The molecule has 0 unspecified atom stereocenters. The van der Waals surface area contributed by atoms with Crippen molar-refractivity contribution in [1.82, 2.24) is 9.78 Å². The molecule has 2 rings (SSSR count). The maximum atomic E-state index is 12.5. The summed E-state index contributed by atoms with van der Waals surface area (Å²) < 4.78 is 37.3. The molecule has 1 aromatic carbocycles. The third-order valence-corrected chi connectivity index (χ3v) is 2.05. The molecule has 2 aromatic rings. The Hall–Kier alpha value is -2.05. The van der Waals surface area contributed by atoms with Crippen LogP contribution in [0, 0.1) is 0 Å². The molecule has 1 amide bonds. The smallest absolute Gasteiger partial charge is 0.364 e.